The molecule has 0 amide bonds. The number of ether oxygens (including phenoxy) is 1. The minimum atomic E-state index is 0.166. The van der Waals surface area contributed by atoms with Crippen LogP contribution in [0.15, 0.2) is 36.4 Å². The van der Waals surface area contributed by atoms with E-state index < -0.39 is 0 Å². The van der Waals surface area contributed by atoms with E-state index in [1.54, 1.807) is 0 Å². The largest absolute Gasteiger partial charge is 0.372 e. The summed E-state index contributed by atoms with van der Waals surface area (Å²) in [7, 11) is 0. The Morgan fingerprint density at radius 1 is 1.14 bits per heavy atom. The Morgan fingerprint density at radius 3 is 2.76 bits per heavy atom. The second kappa shape index (κ2) is 6.18. The van der Waals surface area contributed by atoms with Gasteiger partial charge in [0.25, 0.3) is 0 Å². The van der Waals surface area contributed by atoms with E-state index in [4.69, 9.17) is 16.3 Å². The molecule has 2 aromatic rings. The van der Waals surface area contributed by atoms with Crippen LogP contribution >= 0.6 is 11.6 Å². The molecule has 3 rings (SSSR count). The van der Waals surface area contributed by atoms with Gasteiger partial charge < -0.3 is 10.1 Å². The first kappa shape index (κ1) is 14.6. The maximum absolute atomic E-state index is 6.19. The van der Waals surface area contributed by atoms with Gasteiger partial charge in [0, 0.05) is 5.02 Å². The number of hydrogen-bond acceptors (Lipinski definition) is 2. The Bertz CT molecular complexity index is 654. The predicted molar refractivity (Wildman–Crippen MR) is 86.6 cm³/mol. The lowest BCUT2D eigenvalue weighted by Gasteiger charge is -2.22. The fourth-order valence-electron chi connectivity index (χ4n) is 2.91. The van der Waals surface area contributed by atoms with Gasteiger partial charge in [-0.25, -0.2) is 0 Å². The third-order valence-corrected chi connectivity index (χ3v) is 4.27. The molecule has 1 unspecified atom stereocenters. The number of rotatable bonds is 4. The lowest BCUT2D eigenvalue weighted by Crippen LogP contribution is -2.23. The highest BCUT2D eigenvalue weighted by Crippen LogP contribution is 2.30. The van der Waals surface area contributed by atoms with Crippen LogP contribution in [0, 0.1) is 6.92 Å². The molecule has 1 aliphatic rings. The van der Waals surface area contributed by atoms with Crippen LogP contribution < -0.4 is 5.32 Å². The second-order valence-corrected chi connectivity index (χ2v) is 5.95. The summed E-state index contributed by atoms with van der Waals surface area (Å²) in [6.45, 7) is 6.62. The minimum Gasteiger partial charge on any atom is -0.372 e. The van der Waals surface area contributed by atoms with E-state index in [1.165, 1.54) is 27.8 Å². The third-order valence-electron chi connectivity index (χ3n) is 4.04. The fourth-order valence-corrected chi connectivity index (χ4v) is 3.09. The van der Waals surface area contributed by atoms with E-state index in [2.05, 4.69) is 49.5 Å². The Labute approximate surface area is 131 Å². The molecule has 2 nitrogen and oxygen atoms in total. The normalized spacial score (nSPS) is 15.0. The third kappa shape index (κ3) is 2.98. The van der Waals surface area contributed by atoms with E-state index in [1.807, 2.05) is 6.07 Å². The number of nitrogens with one attached hydrogen (secondary N) is 1. The molecule has 0 radical (unpaired) electrons. The van der Waals surface area contributed by atoms with Gasteiger partial charge >= 0.3 is 0 Å². The molecule has 0 saturated heterocycles. The first-order valence-electron chi connectivity index (χ1n) is 7.38. The summed E-state index contributed by atoms with van der Waals surface area (Å²) in [5.74, 6) is 0. The molecule has 2 aromatic carbocycles. The highest BCUT2D eigenvalue weighted by atomic mass is 35.5. The van der Waals surface area contributed by atoms with Crippen molar-refractivity contribution >= 4 is 11.6 Å². The van der Waals surface area contributed by atoms with Crippen molar-refractivity contribution in [1.82, 2.24) is 5.32 Å². The molecule has 0 aromatic heterocycles. The summed E-state index contributed by atoms with van der Waals surface area (Å²) in [5, 5.41) is 4.36. The number of hydrogen-bond donors (Lipinski definition) is 1. The van der Waals surface area contributed by atoms with Gasteiger partial charge in [0.05, 0.1) is 19.3 Å². The van der Waals surface area contributed by atoms with E-state index in [0.717, 1.165) is 24.8 Å². The summed E-state index contributed by atoms with van der Waals surface area (Å²) in [6.07, 6.45) is 0. The van der Waals surface area contributed by atoms with Crippen molar-refractivity contribution in [3.63, 3.8) is 0 Å². The van der Waals surface area contributed by atoms with Crippen molar-refractivity contribution in [1.29, 1.82) is 0 Å². The average Bonchev–Trinajstić information content (AvgIpc) is 2.95. The maximum atomic E-state index is 6.19. The highest BCUT2D eigenvalue weighted by molar-refractivity contribution is 6.30. The Morgan fingerprint density at radius 2 is 1.95 bits per heavy atom. The van der Waals surface area contributed by atoms with Gasteiger partial charge in [-0.3, -0.25) is 0 Å². The predicted octanol–water partition coefficient (Wildman–Crippen LogP) is 4.38. The zero-order valence-corrected chi connectivity index (χ0v) is 13.2. The van der Waals surface area contributed by atoms with Crippen LogP contribution in [0.4, 0.5) is 0 Å². The second-order valence-electron chi connectivity index (χ2n) is 5.51. The Balaban J connectivity index is 2.03. The quantitative estimate of drug-likeness (QED) is 0.905. The Hall–Kier alpha value is -1.35. The van der Waals surface area contributed by atoms with Gasteiger partial charge in [0.2, 0.25) is 0 Å². The van der Waals surface area contributed by atoms with E-state index in [9.17, 15) is 0 Å². The average molecular weight is 302 g/mol. The van der Waals surface area contributed by atoms with Gasteiger partial charge in [-0.2, -0.15) is 0 Å². The van der Waals surface area contributed by atoms with E-state index >= 15 is 0 Å². The molecular formula is C18H20ClNO. The Kier molecular flexibility index (Phi) is 4.29. The molecule has 0 saturated carbocycles. The summed E-state index contributed by atoms with van der Waals surface area (Å²) >= 11 is 6.19. The van der Waals surface area contributed by atoms with Gasteiger partial charge in [-0.1, -0.05) is 42.8 Å². The van der Waals surface area contributed by atoms with Gasteiger partial charge in [0.15, 0.2) is 0 Å². The molecule has 1 aliphatic heterocycles. The van der Waals surface area contributed by atoms with Crippen molar-refractivity contribution in [2.45, 2.75) is 33.1 Å². The summed E-state index contributed by atoms with van der Waals surface area (Å²) in [5.41, 5.74) is 6.36. The first-order chi connectivity index (χ1) is 10.2. The van der Waals surface area contributed by atoms with Gasteiger partial charge in [-0.15, -0.1) is 0 Å². The zero-order chi connectivity index (χ0) is 14.8. The molecular weight excluding hydrogens is 282 g/mol. The SMILES string of the molecule is CCNC(c1ccc2c(c1)COC2)c1cc(Cl)ccc1C. The van der Waals surface area contributed by atoms with Crippen molar-refractivity contribution in [2.24, 2.45) is 0 Å². The topological polar surface area (TPSA) is 21.3 Å². The summed E-state index contributed by atoms with van der Waals surface area (Å²) in [6, 6.07) is 12.9. The van der Waals surface area contributed by atoms with Crippen LogP contribution in [0.3, 0.4) is 0 Å². The smallest absolute Gasteiger partial charge is 0.0725 e. The molecule has 1 atom stereocenters. The standard InChI is InChI=1S/C18H20ClNO/c1-3-20-18(17-9-16(19)7-4-12(17)2)13-5-6-14-10-21-11-15(14)8-13/h4-9,18,20H,3,10-11H2,1-2H3. The molecule has 0 aliphatic carbocycles. The first-order valence-corrected chi connectivity index (χ1v) is 7.75. The van der Waals surface area contributed by atoms with Crippen LogP contribution in [0.2, 0.25) is 5.02 Å². The monoisotopic (exact) mass is 301 g/mol. The zero-order valence-electron chi connectivity index (χ0n) is 12.4. The van der Waals surface area contributed by atoms with Crippen molar-refractivity contribution < 1.29 is 4.74 Å². The number of fused-ring (bicyclic) bond motifs is 1. The number of aryl methyl sites for hydroxylation is 1. The summed E-state index contributed by atoms with van der Waals surface area (Å²) in [4.78, 5) is 0. The van der Waals surface area contributed by atoms with Crippen LogP contribution in [0.1, 0.15) is 40.8 Å². The van der Waals surface area contributed by atoms with Gasteiger partial charge in [0.1, 0.15) is 0 Å². The maximum Gasteiger partial charge on any atom is 0.0725 e. The minimum absolute atomic E-state index is 0.166. The highest BCUT2D eigenvalue weighted by Gasteiger charge is 2.19. The number of halogens is 1. The van der Waals surface area contributed by atoms with Crippen molar-refractivity contribution in [3.05, 3.63) is 69.2 Å². The van der Waals surface area contributed by atoms with Crippen molar-refractivity contribution in [2.75, 3.05) is 6.54 Å². The van der Waals surface area contributed by atoms with E-state index in [0.29, 0.717) is 0 Å². The van der Waals surface area contributed by atoms with E-state index in [-0.39, 0.29) is 6.04 Å². The molecule has 0 bridgehead atoms. The molecule has 3 heteroatoms. The lowest BCUT2D eigenvalue weighted by atomic mass is 9.93. The molecule has 1 N–H and O–H groups in total. The van der Waals surface area contributed by atoms with Crippen LogP contribution in [-0.2, 0) is 18.0 Å². The van der Waals surface area contributed by atoms with Crippen LogP contribution in [0.25, 0.3) is 0 Å². The molecule has 110 valence electrons. The van der Waals surface area contributed by atoms with Crippen molar-refractivity contribution in [3.8, 4) is 0 Å². The lowest BCUT2D eigenvalue weighted by molar-refractivity contribution is 0.134. The summed E-state index contributed by atoms with van der Waals surface area (Å²) < 4.78 is 5.52. The number of benzene rings is 2. The molecule has 0 fully saturated rings. The molecule has 1 heterocycles. The van der Waals surface area contributed by atoms with Crippen LogP contribution in [-0.4, -0.2) is 6.54 Å². The van der Waals surface area contributed by atoms with Gasteiger partial charge in [-0.05, 0) is 53.4 Å². The van der Waals surface area contributed by atoms with Crippen LogP contribution in [0.5, 0.6) is 0 Å². The molecule has 0 spiro atoms. The molecule has 21 heavy (non-hydrogen) atoms. The fraction of sp³-hybridized carbons (Fsp3) is 0.333.